The van der Waals surface area contributed by atoms with Crippen molar-refractivity contribution in [3.8, 4) is 0 Å². The van der Waals surface area contributed by atoms with Gasteiger partial charge >= 0.3 is 12.4 Å². The number of aromatic nitrogens is 1. The number of carbonyl (C=O) groups is 2. The van der Waals surface area contributed by atoms with Crippen molar-refractivity contribution in [2.45, 2.75) is 38.7 Å². The number of ketones is 1. The average molecular weight is 420 g/mol. The minimum absolute atomic E-state index is 0.112. The molecule has 4 nitrogen and oxygen atoms in total. The molecule has 0 amide bonds. The second kappa shape index (κ2) is 8.48. The zero-order valence-corrected chi connectivity index (χ0v) is 15.5. The van der Waals surface area contributed by atoms with Crippen LogP contribution in [0.15, 0.2) is 24.3 Å². The lowest BCUT2D eigenvalue weighted by molar-refractivity contribution is -0.142. The molecule has 2 aromatic rings. The van der Waals surface area contributed by atoms with Gasteiger partial charge in [0.15, 0.2) is 5.78 Å². The number of benzene rings is 1. The SMILES string of the molecule is CC(C)CC(C=O)NCC(=O)c1cc(C(F)(F)F)nc2c(C(F)(F)F)cccc12. The van der Waals surface area contributed by atoms with Gasteiger partial charge in [0, 0.05) is 10.9 Å². The maximum Gasteiger partial charge on any atom is 0.433 e. The Hall–Kier alpha value is -2.49. The van der Waals surface area contributed by atoms with Crippen LogP contribution in [-0.4, -0.2) is 29.6 Å². The molecule has 29 heavy (non-hydrogen) atoms. The number of hydrogen-bond acceptors (Lipinski definition) is 4. The van der Waals surface area contributed by atoms with Gasteiger partial charge in [0.1, 0.15) is 12.0 Å². The van der Waals surface area contributed by atoms with Gasteiger partial charge in [-0.05, 0) is 24.5 Å². The van der Waals surface area contributed by atoms with Crippen molar-refractivity contribution in [1.82, 2.24) is 10.3 Å². The fourth-order valence-corrected chi connectivity index (χ4v) is 2.87. The van der Waals surface area contributed by atoms with Gasteiger partial charge in [0.05, 0.1) is 23.7 Å². The lowest BCUT2D eigenvalue weighted by Gasteiger charge is -2.17. The van der Waals surface area contributed by atoms with Crippen LogP contribution in [0.25, 0.3) is 10.9 Å². The first kappa shape index (κ1) is 22.8. The molecule has 0 bridgehead atoms. The second-order valence-corrected chi connectivity index (χ2v) is 6.93. The molecular formula is C19H18F6N2O2. The van der Waals surface area contributed by atoms with Crippen LogP contribution in [0.2, 0.25) is 0 Å². The first-order valence-electron chi connectivity index (χ1n) is 8.64. The highest BCUT2D eigenvalue weighted by Crippen LogP contribution is 2.37. The fraction of sp³-hybridized carbons (Fsp3) is 0.421. The van der Waals surface area contributed by atoms with Crippen molar-refractivity contribution in [2.75, 3.05) is 6.54 Å². The fourth-order valence-electron chi connectivity index (χ4n) is 2.87. The molecule has 0 saturated carbocycles. The van der Waals surface area contributed by atoms with E-state index in [1.54, 1.807) is 0 Å². The van der Waals surface area contributed by atoms with E-state index in [0.29, 0.717) is 24.8 Å². The molecule has 10 heteroatoms. The molecule has 0 radical (unpaired) electrons. The molecule has 0 aliphatic rings. The monoisotopic (exact) mass is 420 g/mol. The van der Waals surface area contributed by atoms with Crippen molar-refractivity contribution in [3.05, 3.63) is 41.1 Å². The standard InChI is InChI=1S/C19H18F6N2O2/c1-10(2)6-11(9-28)26-8-15(29)13-7-16(19(23,24)25)27-17-12(13)4-3-5-14(17)18(20,21)22/h3-5,7,9-11,26H,6,8H2,1-2H3. The number of Topliss-reactive ketones (excluding diaryl/α,β-unsaturated/α-hetero) is 1. The summed E-state index contributed by atoms with van der Waals surface area (Å²) in [6, 6.07) is 2.44. The van der Waals surface area contributed by atoms with Gasteiger partial charge in [-0.25, -0.2) is 4.98 Å². The van der Waals surface area contributed by atoms with Crippen LogP contribution in [0.3, 0.4) is 0 Å². The van der Waals surface area contributed by atoms with Gasteiger partial charge < -0.3 is 10.1 Å². The smallest absolute Gasteiger partial charge is 0.302 e. The Kier molecular flexibility index (Phi) is 6.67. The minimum Gasteiger partial charge on any atom is -0.302 e. The zero-order valence-electron chi connectivity index (χ0n) is 15.5. The topological polar surface area (TPSA) is 59.1 Å². The highest BCUT2D eigenvalue weighted by Gasteiger charge is 2.38. The van der Waals surface area contributed by atoms with E-state index in [0.717, 1.165) is 12.1 Å². The van der Waals surface area contributed by atoms with Gasteiger partial charge in [0.2, 0.25) is 0 Å². The molecule has 158 valence electrons. The molecule has 0 spiro atoms. The van der Waals surface area contributed by atoms with Crippen molar-refractivity contribution < 1.29 is 35.9 Å². The summed E-state index contributed by atoms with van der Waals surface area (Å²) in [6.45, 7) is 3.16. The van der Waals surface area contributed by atoms with Crippen LogP contribution in [0.4, 0.5) is 26.3 Å². The van der Waals surface area contributed by atoms with Crippen LogP contribution in [0.1, 0.15) is 41.9 Å². The molecule has 1 aromatic heterocycles. The van der Waals surface area contributed by atoms with E-state index in [-0.39, 0.29) is 11.3 Å². The maximum atomic E-state index is 13.2. The Balaban J connectivity index is 2.54. The molecular weight excluding hydrogens is 402 g/mol. The maximum absolute atomic E-state index is 13.2. The third kappa shape index (κ3) is 5.53. The predicted octanol–water partition coefficient (Wildman–Crippen LogP) is 4.66. The van der Waals surface area contributed by atoms with Gasteiger partial charge in [0.25, 0.3) is 0 Å². The first-order chi connectivity index (χ1) is 13.3. The summed E-state index contributed by atoms with van der Waals surface area (Å²) < 4.78 is 79.3. The number of pyridine rings is 1. The van der Waals surface area contributed by atoms with Crippen molar-refractivity contribution in [2.24, 2.45) is 5.92 Å². The van der Waals surface area contributed by atoms with Crippen molar-refractivity contribution in [1.29, 1.82) is 0 Å². The predicted molar refractivity (Wildman–Crippen MR) is 93.4 cm³/mol. The normalized spacial score (nSPS) is 13.7. The first-order valence-corrected chi connectivity index (χ1v) is 8.64. The molecule has 0 fully saturated rings. The van der Waals surface area contributed by atoms with E-state index in [2.05, 4.69) is 10.3 Å². The number of nitrogens with one attached hydrogen (secondary N) is 1. The van der Waals surface area contributed by atoms with E-state index >= 15 is 0 Å². The Morgan fingerprint density at radius 2 is 1.79 bits per heavy atom. The number of alkyl halides is 6. The van der Waals surface area contributed by atoms with Crippen LogP contribution in [0.5, 0.6) is 0 Å². The van der Waals surface area contributed by atoms with E-state index in [9.17, 15) is 35.9 Å². The van der Waals surface area contributed by atoms with Crippen molar-refractivity contribution >= 4 is 23.0 Å². The Morgan fingerprint density at radius 3 is 2.31 bits per heavy atom. The lowest BCUT2D eigenvalue weighted by atomic mass is 9.99. The van der Waals surface area contributed by atoms with Crippen LogP contribution in [-0.2, 0) is 17.1 Å². The van der Waals surface area contributed by atoms with E-state index < -0.39 is 53.1 Å². The lowest BCUT2D eigenvalue weighted by Crippen LogP contribution is -2.36. The molecule has 1 atom stereocenters. The number of rotatable bonds is 7. The van der Waals surface area contributed by atoms with E-state index in [1.807, 2.05) is 13.8 Å². The third-order valence-electron chi connectivity index (χ3n) is 4.15. The summed E-state index contributed by atoms with van der Waals surface area (Å²) >= 11 is 0. The summed E-state index contributed by atoms with van der Waals surface area (Å²) in [7, 11) is 0. The molecule has 0 saturated heterocycles. The molecule has 1 N–H and O–H groups in total. The number of carbonyl (C=O) groups excluding carboxylic acids is 2. The number of fused-ring (bicyclic) bond motifs is 1. The third-order valence-corrected chi connectivity index (χ3v) is 4.15. The largest absolute Gasteiger partial charge is 0.433 e. The molecule has 1 heterocycles. The van der Waals surface area contributed by atoms with Gasteiger partial charge in [-0.2, -0.15) is 26.3 Å². The molecule has 1 unspecified atom stereocenters. The number of halogens is 6. The van der Waals surface area contributed by atoms with Gasteiger partial charge in [-0.1, -0.05) is 26.0 Å². The highest BCUT2D eigenvalue weighted by atomic mass is 19.4. The van der Waals surface area contributed by atoms with E-state index in [1.165, 1.54) is 0 Å². The quantitative estimate of drug-likeness (QED) is 0.402. The summed E-state index contributed by atoms with van der Waals surface area (Å²) in [5, 5.41) is 2.28. The number of hydrogen-bond donors (Lipinski definition) is 1. The number of para-hydroxylation sites is 1. The second-order valence-electron chi connectivity index (χ2n) is 6.93. The van der Waals surface area contributed by atoms with Gasteiger partial charge in [-0.3, -0.25) is 4.79 Å². The van der Waals surface area contributed by atoms with E-state index in [4.69, 9.17) is 0 Å². The van der Waals surface area contributed by atoms with Crippen LogP contribution in [0, 0.1) is 5.92 Å². The molecule has 1 aromatic carbocycles. The molecule has 2 rings (SSSR count). The average Bonchev–Trinajstić information content (AvgIpc) is 2.61. The molecule has 0 aliphatic carbocycles. The Labute approximate surface area is 162 Å². The number of nitrogens with zero attached hydrogens (tertiary/aromatic N) is 1. The van der Waals surface area contributed by atoms with Crippen LogP contribution < -0.4 is 5.32 Å². The van der Waals surface area contributed by atoms with Crippen LogP contribution >= 0.6 is 0 Å². The summed E-state index contributed by atoms with van der Waals surface area (Å²) in [5.74, 6) is -0.765. The van der Waals surface area contributed by atoms with Gasteiger partial charge in [-0.15, -0.1) is 0 Å². The zero-order chi connectivity index (χ0) is 22.0. The summed E-state index contributed by atoms with van der Waals surface area (Å²) in [5.41, 5.74) is -4.46. The Morgan fingerprint density at radius 1 is 1.14 bits per heavy atom. The minimum atomic E-state index is -5.04. The highest BCUT2D eigenvalue weighted by molar-refractivity contribution is 6.09. The Bertz CT molecular complexity index is 906. The number of aldehydes is 1. The summed E-state index contributed by atoms with van der Waals surface area (Å²) in [4.78, 5) is 26.8. The molecule has 0 aliphatic heterocycles. The van der Waals surface area contributed by atoms with Crippen molar-refractivity contribution in [3.63, 3.8) is 0 Å². The summed E-state index contributed by atoms with van der Waals surface area (Å²) in [6.07, 6.45) is -9.03.